The van der Waals surface area contributed by atoms with Gasteiger partial charge in [-0.1, -0.05) is 27.7 Å². The molecule has 0 unspecified atom stereocenters. The van der Waals surface area contributed by atoms with Crippen LogP contribution >= 0.6 is 0 Å². The van der Waals surface area contributed by atoms with Crippen molar-refractivity contribution in [3.8, 4) is 0 Å². The van der Waals surface area contributed by atoms with Crippen molar-refractivity contribution < 1.29 is 5.11 Å². The van der Waals surface area contributed by atoms with E-state index < -0.39 is 0 Å². The van der Waals surface area contributed by atoms with Crippen molar-refractivity contribution in [2.45, 2.75) is 65.9 Å². The molecule has 1 heteroatoms. The molecule has 0 aromatic carbocycles. The first-order chi connectivity index (χ1) is 7.33. The Morgan fingerprint density at radius 1 is 1.06 bits per heavy atom. The summed E-state index contributed by atoms with van der Waals surface area (Å²) in [5, 5.41) is 10.7. The topological polar surface area (TPSA) is 20.2 Å². The maximum absolute atomic E-state index is 10.7. The smallest absolute Gasteiger partial charge is 0.0647 e. The van der Waals surface area contributed by atoms with Crippen molar-refractivity contribution in [3.63, 3.8) is 0 Å². The Hall–Kier alpha value is -0.0400. The largest absolute Gasteiger partial charge is 0.392 e. The van der Waals surface area contributed by atoms with Crippen LogP contribution in [0.15, 0.2) is 0 Å². The zero-order valence-electron chi connectivity index (χ0n) is 11.2. The van der Waals surface area contributed by atoms with Gasteiger partial charge in [0.2, 0.25) is 0 Å². The SMILES string of the molecule is C[C@H]1CC[C@H]2C(C)(C)[C@H](O)[C@@]3(C)CC[C@@]12C3. The molecule has 0 aromatic heterocycles. The van der Waals surface area contributed by atoms with Gasteiger partial charge in [0.25, 0.3) is 0 Å². The van der Waals surface area contributed by atoms with Gasteiger partial charge in [-0.15, -0.1) is 0 Å². The van der Waals surface area contributed by atoms with Gasteiger partial charge in [-0.2, -0.15) is 0 Å². The van der Waals surface area contributed by atoms with E-state index in [1.165, 1.54) is 32.1 Å². The third kappa shape index (κ3) is 1.02. The molecule has 3 rings (SSSR count). The summed E-state index contributed by atoms with van der Waals surface area (Å²) in [5.41, 5.74) is 0.921. The average molecular weight is 222 g/mol. The van der Waals surface area contributed by atoms with Crippen LogP contribution in [0.3, 0.4) is 0 Å². The fraction of sp³-hybridized carbons (Fsp3) is 1.00. The summed E-state index contributed by atoms with van der Waals surface area (Å²) in [6.07, 6.45) is 6.55. The quantitative estimate of drug-likeness (QED) is 0.664. The first-order valence-electron chi connectivity index (χ1n) is 7.01. The zero-order chi connectivity index (χ0) is 11.8. The van der Waals surface area contributed by atoms with Gasteiger partial charge in [0.1, 0.15) is 0 Å². The molecule has 0 heterocycles. The average Bonchev–Trinajstić information content (AvgIpc) is 2.69. The van der Waals surface area contributed by atoms with Crippen molar-refractivity contribution in [1.82, 2.24) is 0 Å². The molecule has 92 valence electrons. The molecular formula is C15H26O. The lowest BCUT2D eigenvalue weighted by Gasteiger charge is -2.55. The lowest BCUT2D eigenvalue weighted by molar-refractivity contribution is -0.138. The molecule has 0 aromatic rings. The van der Waals surface area contributed by atoms with Crippen LogP contribution in [0, 0.1) is 28.1 Å². The molecule has 3 saturated carbocycles. The molecular weight excluding hydrogens is 196 g/mol. The molecule has 0 amide bonds. The summed E-state index contributed by atoms with van der Waals surface area (Å²) in [6.45, 7) is 9.42. The third-order valence-electron chi connectivity index (χ3n) is 6.72. The molecule has 0 aliphatic heterocycles. The number of aliphatic hydroxyl groups is 1. The lowest BCUT2D eigenvalue weighted by Crippen LogP contribution is -2.54. The van der Waals surface area contributed by atoms with Gasteiger partial charge in [-0.25, -0.2) is 0 Å². The van der Waals surface area contributed by atoms with Gasteiger partial charge in [0.05, 0.1) is 6.10 Å². The maximum Gasteiger partial charge on any atom is 0.0647 e. The monoisotopic (exact) mass is 222 g/mol. The summed E-state index contributed by atoms with van der Waals surface area (Å²) in [6, 6.07) is 0. The molecule has 3 fully saturated rings. The van der Waals surface area contributed by atoms with E-state index in [-0.39, 0.29) is 16.9 Å². The highest BCUT2D eigenvalue weighted by Crippen LogP contribution is 2.72. The molecule has 3 aliphatic rings. The van der Waals surface area contributed by atoms with Crippen molar-refractivity contribution in [3.05, 3.63) is 0 Å². The van der Waals surface area contributed by atoms with Crippen LogP contribution in [-0.2, 0) is 0 Å². The normalized spacial score (nSPS) is 58.7. The fourth-order valence-corrected chi connectivity index (χ4v) is 5.93. The van der Waals surface area contributed by atoms with Crippen molar-refractivity contribution in [2.75, 3.05) is 0 Å². The number of hydrogen-bond acceptors (Lipinski definition) is 1. The summed E-state index contributed by atoms with van der Waals surface area (Å²) >= 11 is 0. The molecule has 1 N–H and O–H groups in total. The van der Waals surface area contributed by atoms with Crippen LogP contribution in [0.2, 0.25) is 0 Å². The minimum atomic E-state index is -0.0917. The predicted molar refractivity (Wildman–Crippen MR) is 66.1 cm³/mol. The molecule has 1 spiro atoms. The molecule has 5 atom stereocenters. The molecule has 0 radical (unpaired) electrons. The highest BCUT2D eigenvalue weighted by molar-refractivity contribution is 5.16. The number of aliphatic hydroxyl groups excluding tert-OH is 1. The summed E-state index contributed by atoms with van der Waals surface area (Å²) in [4.78, 5) is 0. The van der Waals surface area contributed by atoms with E-state index in [2.05, 4.69) is 27.7 Å². The molecule has 1 nitrogen and oxygen atoms in total. The number of hydrogen-bond donors (Lipinski definition) is 1. The summed E-state index contributed by atoms with van der Waals surface area (Å²) < 4.78 is 0. The first-order valence-corrected chi connectivity index (χ1v) is 7.01. The second-order valence-electron chi connectivity index (χ2n) is 7.82. The van der Waals surface area contributed by atoms with E-state index in [0.717, 1.165) is 11.8 Å². The van der Waals surface area contributed by atoms with Gasteiger partial charge in [0.15, 0.2) is 0 Å². The Balaban J connectivity index is 2.10. The Bertz CT molecular complexity index is 321. The zero-order valence-corrected chi connectivity index (χ0v) is 11.2. The minimum Gasteiger partial charge on any atom is -0.392 e. The lowest BCUT2D eigenvalue weighted by atomic mass is 9.51. The van der Waals surface area contributed by atoms with E-state index >= 15 is 0 Å². The number of fused-ring (bicyclic) bond motifs is 1. The second kappa shape index (κ2) is 2.85. The van der Waals surface area contributed by atoms with Crippen LogP contribution in [0.1, 0.15) is 59.8 Å². The van der Waals surface area contributed by atoms with Crippen LogP contribution in [0.5, 0.6) is 0 Å². The minimum absolute atomic E-state index is 0.0917. The van der Waals surface area contributed by atoms with E-state index in [1.807, 2.05) is 0 Å². The van der Waals surface area contributed by atoms with Crippen molar-refractivity contribution in [1.29, 1.82) is 0 Å². The molecule has 0 saturated heterocycles. The molecule has 2 bridgehead atoms. The van der Waals surface area contributed by atoms with Crippen LogP contribution in [-0.4, -0.2) is 11.2 Å². The van der Waals surface area contributed by atoms with Gasteiger partial charge >= 0.3 is 0 Å². The second-order valence-corrected chi connectivity index (χ2v) is 7.82. The van der Waals surface area contributed by atoms with Crippen molar-refractivity contribution >= 4 is 0 Å². The Morgan fingerprint density at radius 2 is 1.75 bits per heavy atom. The Labute approximate surface area is 99.6 Å². The van der Waals surface area contributed by atoms with E-state index in [0.29, 0.717) is 5.41 Å². The van der Waals surface area contributed by atoms with Crippen LogP contribution in [0.25, 0.3) is 0 Å². The van der Waals surface area contributed by atoms with Crippen LogP contribution < -0.4 is 0 Å². The van der Waals surface area contributed by atoms with Gasteiger partial charge in [-0.05, 0) is 60.2 Å². The predicted octanol–water partition coefficient (Wildman–Crippen LogP) is 3.61. The maximum atomic E-state index is 10.7. The molecule has 3 aliphatic carbocycles. The third-order valence-corrected chi connectivity index (χ3v) is 6.72. The summed E-state index contributed by atoms with van der Waals surface area (Å²) in [7, 11) is 0. The standard InChI is InChI=1S/C15H26O/c1-10-5-6-11-13(2,3)12(16)14(4)7-8-15(10,11)9-14/h10-12,16H,5-9H2,1-4H3/t10-,11-,12-,14-,15+/m0/s1. The van der Waals surface area contributed by atoms with E-state index in [9.17, 15) is 5.11 Å². The summed E-state index contributed by atoms with van der Waals surface area (Å²) in [5.74, 6) is 1.65. The Kier molecular flexibility index (Phi) is 1.98. The highest BCUT2D eigenvalue weighted by Gasteiger charge is 2.67. The number of rotatable bonds is 0. The van der Waals surface area contributed by atoms with Crippen LogP contribution in [0.4, 0.5) is 0 Å². The van der Waals surface area contributed by atoms with Gasteiger partial charge in [0, 0.05) is 0 Å². The first kappa shape index (κ1) is 11.1. The highest BCUT2D eigenvalue weighted by atomic mass is 16.3. The fourth-order valence-electron chi connectivity index (χ4n) is 5.93. The molecule has 16 heavy (non-hydrogen) atoms. The van der Waals surface area contributed by atoms with Gasteiger partial charge in [-0.3, -0.25) is 0 Å². The van der Waals surface area contributed by atoms with Crippen molar-refractivity contribution in [2.24, 2.45) is 28.1 Å². The Morgan fingerprint density at radius 3 is 2.44 bits per heavy atom. The van der Waals surface area contributed by atoms with E-state index in [4.69, 9.17) is 0 Å². The van der Waals surface area contributed by atoms with E-state index in [1.54, 1.807) is 0 Å². The van der Waals surface area contributed by atoms with Gasteiger partial charge < -0.3 is 5.11 Å².